The molecule has 0 aromatic heterocycles. The molecule has 0 radical (unpaired) electrons. The van der Waals surface area contributed by atoms with Crippen LogP contribution in [-0.2, 0) is 9.59 Å². The van der Waals surface area contributed by atoms with Crippen molar-refractivity contribution in [3.05, 3.63) is 74.8 Å². The average Bonchev–Trinajstić information content (AvgIpc) is 3.03. The van der Waals surface area contributed by atoms with E-state index in [1.165, 1.54) is 19.0 Å². The van der Waals surface area contributed by atoms with Crippen LogP contribution in [-0.4, -0.2) is 66.5 Å². The molecule has 7 N–H and O–H groups in total. The summed E-state index contributed by atoms with van der Waals surface area (Å²) in [4.78, 5) is 40.6. The van der Waals surface area contributed by atoms with Gasteiger partial charge in [0.05, 0.1) is 0 Å². The Balaban J connectivity index is 2.02. The van der Waals surface area contributed by atoms with Crippen molar-refractivity contribution in [3.8, 4) is 16.9 Å². The van der Waals surface area contributed by atoms with E-state index in [1.807, 2.05) is 0 Å². The van der Waals surface area contributed by atoms with Gasteiger partial charge in [0.15, 0.2) is 0 Å². The first-order chi connectivity index (χ1) is 17.3. The predicted molar refractivity (Wildman–Crippen MR) is 145 cm³/mol. The molecule has 2 aromatic carbocycles. The van der Waals surface area contributed by atoms with Gasteiger partial charge in [-0.2, -0.15) is 0 Å². The fourth-order valence-corrected chi connectivity index (χ4v) is 17.2. The number of nitrogens with two attached hydrogens (primary N) is 1. The molecule has 0 saturated heterocycles. The van der Waals surface area contributed by atoms with Crippen LogP contribution in [0.2, 0.25) is 0 Å². The first-order valence-corrected chi connectivity index (χ1v) is 16.9. The van der Waals surface area contributed by atoms with E-state index in [0.717, 1.165) is 0 Å². The summed E-state index contributed by atoms with van der Waals surface area (Å²) < 4.78 is 6.31. The Labute approximate surface area is 214 Å². The molecule has 198 valence electrons. The van der Waals surface area contributed by atoms with Crippen LogP contribution in [0.3, 0.4) is 0 Å². The van der Waals surface area contributed by atoms with Crippen molar-refractivity contribution in [2.45, 2.75) is 27.4 Å². The number of hydrogen-bond acceptors (Lipinski definition) is 9. The Bertz CT molecular complexity index is 1400. The molecule has 1 spiro atoms. The second-order valence-electron chi connectivity index (χ2n) is 9.41. The number of benzene rings is 2. The monoisotopic (exact) mass is 624 g/mol. The van der Waals surface area contributed by atoms with Crippen molar-refractivity contribution in [1.29, 1.82) is 0 Å². The fourth-order valence-electron chi connectivity index (χ4n) is 5.18. The zero-order valence-corrected chi connectivity index (χ0v) is 22.6. The molecule has 3 atom stereocenters. The number of phenols is 1. The van der Waals surface area contributed by atoms with E-state index < -0.39 is 62.1 Å². The van der Waals surface area contributed by atoms with Crippen molar-refractivity contribution in [2.75, 3.05) is 14.1 Å². The molecule has 0 saturated carbocycles. The number of phenolic OH excluding ortho intramolecular Hbond substituents is 1. The second-order valence-corrected chi connectivity index (χ2v) is 19.9. The summed E-state index contributed by atoms with van der Waals surface area (Å²) in [6.45, 7) is 1.63. The summed E-state index contributed by atoms with van der Waals surface area (Å²) in [7, 11) is 2.76. The number of carbonyl (C=O) groups excluding carboxylic acids is 3. The number of likely N-dealkylation sites (N-methyl/N-ethyl adjacent to an activating group) is 1. The molecular weight excluding hydrogens is 595 g/mol. The number of aliphatic hydroxyl groups excluding tert-OH is 3. The maximum atomic E-state index is 13.7. The van der Waals surface area contributed by atoms with E-state index in [4.69, 9.17) is 5.73 Å². The van der Waals surface area contributed by atoms with Crippen LogP contribution in [0.5, 0.6) is 5.75 Å². The van der Waals surface area contributed by atoms with Crippen LogP contribution in [0.25, 0.3) is 11.1 Å². The molecule has 2 aliphatic rings. The minimum absolute atomic E-state index is 0.158. The third-order valence-electron chi connectivity index (χ3n) is 6.94. The van der Waals surface area contributed by atoms with Crippen LogP contribution >= 0.6 is 17.5 Å². The number of alkyl halides is 2. The summed E-state index contributed by atoms with van der Waals surface area (Å²) in [5.41, 5.74) is 5.56. The molecule has 0 unspecified atom stereocenters. The van der Waals surface area contributed by atoms with Gasteiger partial charge in [-0.3, -0.25) is 0 Å². The van der Waals surface area contributed by atoms with Crippen LogP contribution in [0.4, 0.5) is 0 Å². The van der Waals surface area contributed by atoms with Gasteiger partial charge in [0.2, 0.25) is 0 Å². The van der Waals surface area contributed by atoms with E-state index in [1.54, 1.807) is 49.4 Å². The number of aliphatic hydroxyl groups is 3. The van der Waals surface area contributed by atoms with Gasteiger partial charge < -0.3 is 0 Å². The first-order valence-electron chi connectivity index (χ1n) is 11.3. The molecule has 2 aliphatic heterocycles. The van der Waals surface area contributed by atoms with Gasteiger partial charge in [0, 0.05) is 0 Å². The Hall–Kier alpha value is -3.26. The number of allylic oxidation sites excluding steroid dienone is 1. The standard InChI is InChI=1S/C26H29IN2O8/c1-13-11-18(31)27(37,24(29(2)3)23(34)21(25(27)35)26(28)36)19(32)12-17(30)20-15(13)9-10-16(22(20)33)14-7-5-4-6-8-14/h4-10,12-13,18,24,31-34,37H,11H2,1-3H3,(H2,28,36)/b19-12-/t13-,18+,24-/m1/s1. The summed E-state index contributed by atoms with van der Waals surface area (Å²) in [6, 6.07) is 12.0. The number of ketones is 1. The number of carbonyl (C=O) groups is 3. The van der Waals surface area contributed by atoms with Gasteiger partial charge in [-0.25, -0.2) is 0 Å². The van der Waals surface area contributed by atoms with E-state index in [-0.39, 0.29) is 17.7 Å². The van der Waals surface area contributed by atoms with Gasteiger partial charge in [0.1, 0.15) is 0 Å². The van der Waals surface area contributed by atoms with Gasteiger partial charge in [-0.05, 0) is 0 Å². The minimum atomic E-state index is -6.70. The molecule has 4 rings (SSSR count). The SMILES string of the molecule is C[C@@H]1C[C@H](O)I2(O)(C(=O)C(C(N)=O)=C(O)[C@H]2N(C)C)/C(O)=C/C(=O)c2c1ccc(-c1ccccc1)c2O. The van der Waals surface area contributed by atoms with Crippen molar-refractivity contribution < 1.29 is 38.2 Å². The summed E-state index contributed by atoms with van der Waals surface area (Å²) in [6.07, 6.45) is 0.275. The molecule has 1 amide bonds. The molecule has 10 nitrogen and oxygen atoms in total. The normalized spacial score (nSPS) is 27.5. The molecular formula is C26H29IN2O8. The molecule has 0 bridgehead atoms. The number of aromatic hydroxyl groups is 1. The number of amides is 1. The van der Waals surface area contributed by atoms with Crippen molar-refractivity contribution in [3.63, 3.8) is 0 Å². The zero-order chi connectivity index (χ0) is 27.5. The summed E-state index contributed by atoms with van der Waals surface area (Å²) in [5, 5.41) is 44.9. The first kappa shape index (κ1) is 26.8. The predicted octanol–water partition coefficient (Wildman–Crippen LogP) is 2.68. The quantitative estimate of drug-likeness (QED) is 0.0984. The third-order valence-corrected chi connectivity index (χ3v) is 19.7. The van der Waals surface area contributed by atoms with Gasteiger partial charge >= 0.3 is 215 Å². The molecule has 37 heavy (non-hydrogen) atoms. The van der Waals surface area contributed by atoms with Crippen molar-refractivity contribution >= 4 is 32.9 Å². The summed E-state index contributed by atoms with van der Waals surface area (Å²) in [5.74, 6) is -4.19. The Kier molecular flexibility index (Phi) is 6.47. The van der Waals surface area contributed by atoms with Crippen molar-refractivity contribution in [2.24, 2.45) is 5.73 Å². The number of primary amides is 1. The average molecular weight is 624 g/mol. The maximum absolute atomic E-state index is 13.7. The zero-order valence-electron chi connectivity index (χ0n) is 20.4. The van der Waals surface area contributed by atoms with Crippen molar-refractivity contribution in [1.82, 2.24) is 4.90 Å². The Morgan fingerprint density at radius 2 is 1.68 bits per heavy atom. The van der Waals surface area contributed by atoms with Crippen LogP contribution in [0.1, 0.15) is 35.2 Å². The molecule has 2 aromatic rings. The molecule has 0 aliphatic carbocycles. The Morgan fingerprint density at radius 3 is 2.24 bits per heavy atom. The number of hydrogen-bond donors (Lipinski definition) is 6. The van der Waals surface area contributed by atoms with Gasteiger partial charge in [-0.1, -0.05) is 0 Å². The fraction of sp³-hybridized carbons (Fsp3) is 0.269. The molecule has 11 heteroatoms. The second kappa shape index (κ2) is 8.94. The van der Waals surface area contributed by atoms with E-state index in [2.05, 4.69) is 0 Å². The topological polar surface area (TPSA) is 182 Å². The van der Waals surface area contributed by atoms with Gasteiger partial charge in [0.25, 0.3) is 0 Å². The van der Waals surface area contributed by atoms with Crippen LogP contribution in [0.15, 0.2) is 63.6 Å². The summed E-state index contributed by atoms with van der Waals surface area (Å²) >= 11 is -6.70. The van der Waals surface area contributed by atoms with E-state index in [9.17, 15) is 38.2 Å². The van der Waals surface area contributed by atoms with Crippen LogP contribution < -0.4 is 5.73 Å². The van der Waals surface area contributed by atoms with E-state index >= 15 is 0 Å². The third kappa shape index (κ3) is 3.52. The van der Waals surface area contributed by atoms with Crippen LogP contribution in [0, 0.1) is 0 Å². The number of halogens is 1. The molecule has 2 heterocycles. The number of rotatable bonds is 3. The number of fused-ring (bicyclic) bond motifs is 1. The molecule has 0 fully saturated rings. The number of nitrogens with zero attached hydrogens (tertiary/aromatic N) is 1. The Morgan fingerprint density at radius 1 is 1.05 bits per heavy atom. The van der Waals surface area contributed by atoms with E-state index in [0.29, 0.717) is 22.8 Å². The van der Waals surface area contributed by atoms with Gasteiger partial charge in [-0.15, -0.1) is 0 Å².